The summed E-state index contributed by atoms with van der Waals surface area (Å²) in [5.41, 5.74) is -0.360. The third-order valence-electron chi connectivity index (χ3n) is 1.54. The van der Waals surface area contributed by atoms with Gasteiger partial charge in [0.1, 0.15) is 0 Å². The van der Waals surface area contributed by atoms with Crippen LogP contribution in [0.3, 0.4) is 0 Å². The fourth-order valence-electron chi connectivity index (χ4n) is 1.04. The van der Waals surface area contributed by atoms with E-state index in [9.17, 15) is 9.59 Å². The van der Waals surface area contributed by atoms with Gasteiger partial charge < -0.3 is 10.4 Å². The van der Waals surface area contributed by atoms with E-state index in [1.807, 2.05) is 20.8 Å². The highest BCUT2D eigenvalue weighted by Crippen LogP contribution is 2.02. The first-order valence-corrected chi connectivity index (χ1v) is 4.97. The lowest BCUT2D eigenvalue weighted by Gasteiger charge is -2.19. The number of nitrogens with one attached hydrogen (secondary N) is 2. The topological polar surface area (TPSA) is 109 Å². The molecular weight excluding hydrogens is 226 g/mol. The first kappa shape index (κ1) is 12.9. The van der Waals surface area contributed by atoms with E-state index in [2.05, 4.69) is 20.8 Å². The monoisotopic (exact) mass is 241 g/mol. The van der Waals surface area contributed by atoms with Crippen molar-refractivity contribution in [1.82, 2.24) is 20.3 Å². The predicted molar refractivity (Wildman–Crippen MR) is 59.6 cm³/mol. The van der Waals surface area contributed by atoms with Crippen LogP contribution in [0.2, 0.25) is 0 Å². The fourth-order valence-corrected chi connectivity index (χ4v) is 1.04. The Morgan fingerprint density at radius 2 is 2.12 bits per heavy atom. The number of aliphatic carboxylic acids is 1. The molecule has 0 aromatic carbocycles. The summed E-state index contributed by atoms with van der Waals surface area (Å²) in [6, 6.07) is -0.417. The van der Waals surface area contributed by atoms with Crippen molar-refractivity contribution >= 4 is 17.8 Å². The minimum Gasteiger partial charge on any atom is -0.480 e. The molecule has 0 aliphatic rings. The highest BCUT2D eigenvalue weighted by atomic mass is 16.4. The molecule has 8 nitrogen and oxygen atoms in total. The van der Waals surface area contributed by atoms with Gasteiger partial charge in [-0.3, -0.25) is 10.1 Å². The molecule has 0 unspecified atom stereocenters. The van der Waals surface area contributed by atoms with Gasteiger partial charge in [-0.25, -0.2) is 4.79 Å². The second-order valence-electron chi connectivity index (χ2n) is 4.48. The van der Waals surface area contributed by atoms with Crippen molar-refractivity contribution in [2.24, 2.45) is 0 Å². The molecule has 94 valence electrons. The van der Waals surface area contributed by atoms with Crippen LogP contribution in [-0.4, -0.2) is 37.6 Å². The van der Waals surface area contributed by atoms with E-state index in [1.165, 1.54) is 6.20 Å². The molecule has 0 spiro atoms. The zero-order valence-electron chi connectivity index (χ0n) is 9.89. The summed E-state index contributed by atoms with van der Waals surface area (Å²) < 4.78 is 0. The fraction of sp³-hybridized carbons (Fsp3) is 0.556. The van der Waals surface area contributed by atoms with Crippen LogP contribution in [0.4, 0.5) is 10.6 Å². The van der Waals surface area contributed by atoms with Gasteiger partial charge in [-0.05, 0) is 20.8 Å². The van der Waals surface area contributed by atoms with E-state index in [0.717, 1.165) is 4.80 Å². The molecule has 2 amide bonds. The molecule has 1 heterocycles. The van der Waals surface area contributed by atoms with Gasteiger partial charge in [0.15, 0.2) is 12.4 Å². The van der Waals surface area contributed by atoms with Crippen molar-refractivity contribution in [2.45, 2.75) is 32.9 Å². The Morgan fingerprint density at radius 1 is 1.47 bits per heavy atom. The van der Waals surface area contributed by atoms with Gasteiger partial charge in [-0.15, -0.1) is 5.10 Å². The zero-order valence-corrected chi connectivity index (χ0v) is 9.89. The molecule has 0 aliphatic heterocycles. The smallest absolute Gasteiger partial charge is 0.327 e. The molecular formula is C9H15N5O3. The summed E-state index contributed by atoms with van der Waals surface area (Å²) in [6.45, 7) is 5.18. The number of aromatic nitrogens is 3. The Hall–Kier alpha value is -2.12. The number of carbonyl (C=O) groups is 2. The normalized spacial score (nSPS) is 11.0. The number of rotatable bonds is 3. The first-order valence-electron chi connectivity index (χ1n) is 4.97. The van der Waals surface area contributed by atoms with Crippen molar-refractivity contribution in [3.05, 3.63) is 6.20 Å². The first-order chi connectivity index (χ1) is 7.76. The maximum atomic E-state index is 11.4. The van der Waals surface area contributed by atoms with E-state index in [-0.39, 0.29) is 17.9 Å². The molecule has 8 heteroatoms. The quantitative estimate of drug-likeness (QED) is 0.704. The van der Waals surface area contributed by atoms with Gasteiger partial charge in [0.25, 0.3) is 0 Å². The molecule has 0 bridgehead atoms. The summed E-state index contributed by atoms with van der Waals surface area (Å²) >= 11 is 0. The summed E-state index contributed by atoms with van der Waals surface area (Å²) in [5.74, 6) is -0.848. The Bertz CT molecular complexity index is 421. The maximum absolute atomic E-state index is 11.4. The van der Waals surface area contributed by atoms with Gasteiger partial charge in [0.05, 0.1) is 6.20 Å². The standard InChI is InChI=1S/C9H15N5O3/c1-9(2,3)12-8(17)11-6-4-10-14(13-6)5-7(15)16/h4H,5H2,1-3H3,(H,15,16)(H2,11,12,13,17). The Morgan fingerprint density at radius 3 is 2.65 bits per heavy atom. The van der Waals surface area contributed by atoms with Crippen molar-refractivity contribution in [1.29, 1.82) is 0 Å². The molecule has 1 aromatic rings. The molecule has 0 fully saturated rings. The molecule has 0 aliphatic carbocycles. The van der Waals surface area contributed by atoms with Crippen LogP contribution in [0.15, 0.2) is 6.20 Å². The van der Waals surface area contributed by atoms with Gasteiger partial charge in [0, 0.05) is 5.54 Å². The van der Waals surface area contributed by atoms with Crippen molar-refractivity contribution in [2.75, 3.05) is 5.32 Å². The molecule has 0 radical (unpaired) electrons. The highest BCUT2D eigenvalue weighted by molar-refractivity contribution is 5.88. The summed E-state index contributed by atoms with van der Waals surface area (Å²) in [6.07, 6.45) is 1.28. The van der Waals surface area contributed by atoms with Crippen LogP contribution < -0.4 is 10.6 Å². The Balaban J connectivity index is 2.55. The van der Waals surface area contributed by atoms with Crippen LogP contribution in [0.5, 0.6) is 0 Å². The van der Waals surface area contributed by atoms with E-state index in [0.29, 0.717) is 0 Å². The summed E-state index contributed by atoms with van der Waals surface area (Å²) in [5, 5.41) is 21.1. The van der Waals surface area contributed by atoms with Gasteiger partial charge in [0.2, 0.25) is 0 Å². The number of anilines is 1. The number of hydrogen-bond donors (Lipinski definition) is 3. The molecule has 0 saturated carbocycles. The van der Waals surface area contributed by atoms with Crippen LogP contribution in [0.25, 0.3) is 0 Å². The second kappa shape index (κ2) is 4.81. The molecule has 1 aromatic heterocycles. The Kier molecular flexibility index (Phi) is 3.66. The molecule has 17 heavy (non-hydrogen) atoms. The number of nitrogens with zero attached hydrogens (tertiary/aromatic N) is 3. The van der Waals surface area contributed by atoms with Gasteiger partial charge in [-0.1, -0.05) is 0 Å². The predicted octanol–water partition coefficient (Wildman–Crippen LogP) is 0.283. The van der Waals surface area contributed by atoms with Gasteiger partial charge in [-0.2, -0.15) is 9.90 Å². The minimum atomic E-state index is -1.05. The number of urea groups is 1. The summed E-state index contributed by atoms with van der Waals surface area (Å²) in [4.78, 5) is 22.8. The number of carboxylic acids is 1. The average molecular weight is 241 g/mol. The number of carboxylic acid groups (broad SMARTS) is 1. The van der Waals surface area contributed by atoms with E-state index >= 15 is 0 Å². The van der Waals surface area contributed by atoms with Crippen LogP contribution in [0, 0.1) is 0 Å². The third kappa shape index (κ3) is 4.96. The number of amides is 2. The molecule has 1 rings (SSSR count). The van der Waals surface area contributed by atoms with Crippen LogP contribution in [0.1, 0.15) is 20.8 Å². The SMILES string of the molecule is CC(C)(C)NC(=O)Nc1cnn(CC(=O)O)n1. The zero-order chi connectivity index (χ0) is 13.1. The average Bonchev–Trinajstić information content (AvgIpc) is 2.46. The number of hydrogen-bond acceptors (Lipinski definition) is 4. The summed E-state index contributed by atoms with van der Waals surface area (Å²) in [7, 11) is 0. The lowest BCUT2D eigenvalue weighted by Crippen LogP contribution is -2.43. The van der Waals surface area contributed by atoms with Crippen LogP contribution >= 0.6 is 0 Å². The molecule has 3 N–H and O–H groups in total. The lowest BCUT2D eigenvalue weighted by molar-refractivity contribution is -0.138. The van der Waals surface area contributed by atoms with Gasteiger partial charge >= 0.3 is 12.0 Å². The van der Waals surface area contributed by atoms with Crippen molar-refractivity contribution < 1.29 is 14.7 Å². The second-order valence-corrected chi connectivity index (χ2v) is 4.48. The minimum absolute atomic E-state index is 0.202. The van der Waals surface area contributed by atoms with E-state index < -0.39 is 12.0 Å². The van der Waals surface area contributed by atoms with Crippen molar-refractivity contribution in [3.63, 3.8) is 0 Å². The Labute approximate surface area is 98.0 Å². The van der Waals surface area contributed by atoms with Crippen molar-refractivity contribution in [3.8, 4) is 0 Å². The number of carbonyl (C=O) groups excluding carboxylic acids is 1. The third-order valence-corrected chi connectivity index (χ3v) is 1.54. The highest BCUT2D eigenvalue weighted by Gasteiger charge is 2.14. The van der Waals surface area contributed by atoms with E-state index in [4.69, 9.17) is 5.11 Å². The maximum Gasteiger partial charge on any atom is 0.327 e. The van der Waals surface area contributed by atoms with Crippen LogP contribution in [-0.2, 0) is 11.3 Å². The largest absolute Gasteiger partial charge is 0.480 e. The molecule has 0 saturated heterocycles. The molecule has 0 atom stereocenters. The lowest BCUT2D eigenvalue weighted by atomic mass is 10.1. The van der Waals surface area contributed by atoms with E-state index in [1.54, 1.807) is 0 Å².